The highest BCUT2D eigenvalue weighted by atomic mass is 16.6. The zero-order valence-electron chi connectivity index (χ0n) is 10.6. The van der Waals surface area contributed by atoms with Crippen LogP contribution in [0.1, 0.15) is 24.8 Å². The third-order valence-electron chi connectivity index (χ3n) is 3.42. The molecule has 0 aromatic heterocycles. The van der Waals surface area contributed by atoms with Crippen molar-refractivity contribution in [3.63, 3.8) is 0 Å². The van der Waals surface area contributed by atoms with E-state index in [2.05, 4.69) is 5.32 Å². The summed E-state index contributed by atoms with van der Waals surface area (Å²) in [7, 11) is 1.68. The molecule has 0 saturated heterocycles. The van der Waals surface area contributed by atoms with Crippen LogP contribution < -0.4 is 5.32 Å². The number of nitro groups is 1. The number of rotatable bonds is 4. The number of hydrogen-bond acceptors (Lipinski definition) is 5. The molecule has 1 fully saturated rings. The fraction of sp³-hybridized carbons (Fsp3) is 0.462. The van der Waals surface area contributed by atoms with E-state index in [1.54, 1.807) is 13.2 Å². The van der Waals surface area contributed by atoms with Gasteiger partial charge in [0.25, 0.3) is 5.69 Å². The summed E-state index contributed by atoms with van der Waals surface area (Å²) < 4.78 is 5.38. The van der Waals surface area contributed by atoms with E-state index in [1.807, 2.05) is 6.07 Å². The first-order valence-corrected chi connectivity index (χ1v) is 6.13. The molecule has 0 spiro atoms. The summed E-state index contributed by atoms with van der Waals surface area (Å²) in [5.74, 6) is 0. The van der Waals surface area contributed by atoms with E-state index >= 15 is 0 Å². The number of anilines is 1. The Morgan fingerprint density at radius 1 is 1.53 bits per heavy atom. The molecule has 2 atom stereocenters. The Labute approximate surface area is 111 Å². The van der Waals surface area contributed by atoms with Gasteiger partial charge in [-0.25, -0.2) is 0 Å². The van der Waals surface area contributed by atoms with E-state index in [9.17, 15) is 10.1 Å². The lowest BCUT2D eigenvalue weighted by Gasteiger charge is -2.20. The standard InChI is InChI=1S/C13H15N3O3/c1-19-13-4-2-3-11(13)15-10-5-6-12(16(17)18)9(7-10)8-14/h5-7,11,13,15H,2-4H2,1H3. The smallest absolute Gasteiger partial charge is 0.287 e. The van der Waals surface area contributed by atoms with Crippen LogP contribution >= 0.6 is 0 Å². The third kappa shape index (κ3) is 2.83. The molecular formula is C13H15N3O3. The summed E-state index contributed by atoms with van der Waals surface area (Å²) in [5.41, 5.74) is 0.626. The van der Waals surface area contributed by atoms with E-state index in [0.717, 1.165) is 24.9 Å². The summed E-state index contributed by atoms with van der Waals surface area (Å²) in [6.45, 7) is 0. The molecule has 19 heavy (non-hydrogen) atoms. The number of nitrogens with zero attached hydrogens (tertiary/aromatic N) is 2. The first-order valence-electron chi connectivity index (χ1n) is 6.13. The van der Waals surface area contributed by atoms with Crippen molar-refractivity contribution < 1.29 is 9.66 Å². The quantitative estimate of drug-likeness (QED) is 0.664. The second-order valence-corrected chi connectivity index (χ2v) is 4.56. The molecule has 2 rings (SSSR count). The van der Waals surface area contributed by atoms with E-state index < -0.39 is 4.92 Å². The highest BCUT2D eigenvalue weighted by Gasteiger charge is 2.27. The summed E-state index contributed by atoms with van der Waals surface area (Å²) in [6.07, 6.45) is 3.25. The predicted octanol–water partition coefficient (Wildman–Crippen LogP) is 2.45. The highest BCUT2D eigenvalue weighted by molar-refractivity contribution is 5.59. The lowest BCUT2D eigenvalue weighted by Crippen LogP contribution is -2.29. The minimum atomic E-state index is -0.546. The summed E-state index contributed by atoms with van der Waals surface area (Å²) >= 11 is 0. The highest BCUT2D eigenvalue weighted by Crippen LogP contribution is 2.27. The topological polar surface area (TPSA) is 88.2 Å². The van der Waals surface area contributed by atoms with Gasteiger partial charge in [-0.15, -0.1) is 0 Å². The molecule has 1 aliphatic rings. The lowest BCUT2D eigenvalue weighted by atomic mass is 10.1. The number of benzene rings is 1. The fourth-order valence-corrected chi connectivity index (χ4v) is 2.46. The van der Waals surface area contributed by atoms with Gasteiger partial charge in [-0.2, -0.15) is 5.26 Å². The van der Waals surface area contributed by atoms with Gasteiger partial charge in [-0.3, -0.25) is 10.1 Å². The average molecular weight is 261 g/mol. The van der Waals surface area contributed by atoms with Crippen molar-refractivity contribution in [1.82, 2.24) is 0 Å². The number of nitro benzene ring substituents is 1. The second kappa shape index (κ2) is 5.67. The maximum atomic E-state index is 10.7. The van der Waals surface area contributed by atoms with Gasteiger partial charge < -0.3 is 10.1 Å². The first-order chi connectivity index (χ1) is 9.15. The lowest BCUT2D eigenvalue weighted by molar-refractivity contribution is -0.385. The van der Waals surface area contributed by atoms with Gasteiger partial charge in [0.05, 0.1) is 17.1 Å². The number of ether oxygens (including phenoxy) is 1. The molecule has 6 nitrogen and oxygen atoms in total. The monoisotopic (exact) mass is 261 g/mol. The summed E-state index contributed by atoms with van der Waals surface area (Å²) in [5, 5.41) is 23.0. The molecule has 1 aliphatic carbocycles. The van der Waals surface area contributed by atoms with Crippen molar-refractivity contribution in [2.75, 3.05) is 12.4 Å². The van der Waals surface area contributed by atoms with Gasteiger partial charge in [-0.05, 0) is 31.4 Å². The van der Waals surface area contributed by atoms with Crippen molar-refractivity contribution in [2.24, 2.45) is 0 Å². The average Bonchev–Trinajstić information content (AvgIpc) is 2.85. The van der Waals surface area contributed by atoms with Gasteiger partial charge in [0, 0.05) is 18.9 Å². The third-order valence-corrected chi connectivity index (χ3v) is 3.42. The molecule has 0 bridgehead atoms. The number of hydrogen-bond donors (Lipinski definition) is 1. The van der Waals surface area contributed by atoms with Crippen LogP contribution in [0, 0.1) is 21.4 Å². The molecule has 6 heteroatoms. The van der Waals surface area contributed by atoms with E-state index in [1.165, 1.54) is 12.1 Å². The molecular weight excluding hydrogens is 246 g/mol. The molecule has 0 radical (unpaired) electrons. The largest absolute Gasteiger partial charge is 0.380 e. The minimum absolute atomic E-state index is 0.0713. The molecule has 1 aromatic carbocycles. The number of methoxy groups -OCH3 is 1. The number of nitrogens with one attached hydrogen (secondary N) is 1. The van der Waals surface area contributed by atoms with Gasteiger partial charge in [0.1, 0.15) is 11.6 Å². The van der Waals surface area contributed by atoms with Crippen molar-refractivity contribution in [3.8, 4) is 6.07 Å². The van der Waals surface area contributed by atoms with E-state index in [0.29, 0.717) is 0 Å². The zero-order valence-corrected chi connectivity index (χ0v) is 10.6. The molecule has 1 saturated carbocycles. The van der Waals surface area contributed by atoms with Crippen molar-refractivity contribution in [2.45, 2.75) is 31.4 Å². The SMILES string of the molecule is COC1CCCC1Nc1ccc([N+](=O)[O-])c(C#N)c1. The normalized spacial score (nSPS) is 21.9. The minimum Gasteiger partial charge on any atom is -0.380 e. The van der Waals surface area contributed by atoms with Gasteiger partial charge in [-0.1, -0.05) is 0 Å². The van der Waals surface area contributed by atoms with E-state index in [4.69, 9.17) is 10.00 Å². The van der Waals surface area contributed by atoms with Crippen LogP contribution in [0.25, 0.3) is 0 Å². The Balaban J connectivity index is 2.18. The summed E-state index contributed by atoms with van der Waals surface area (Å²) in [4.78, 5) is 10.2. The Kier molecular flexibility index (Phi) is 3.97. The van der Waals surface area contributed by atoms with Crippen molar-refractivity contribution in [3.05, 3.63) is 33.9 Å². The molecule has 0 heterocycles. The maximum absolute atomic E-state index is 10.7. The fourth-order valence-electron chi connectivity index (χ4n) is 2.46. The zero-order chi connectivity index (χ0) is 13.8. The molecule has 2 unspecified atom stereocenters. The Hall–Kier alpha value is -2.13. The predicted molar refractivity (Wildman–Crippen MR) is 69.9 cm³/mol. The van der Waals surface area contributed by atoms with Crippen LogP contribution in [-0.2, 0) is 4.74 Å². The van der Waals surface area contributed by atoms with Crippen LogP contribution in [0.2, 0.25) is 0 Å². The van der Waals surface area contributed by atoms with Gasteiger partial charge >= 0.3 is 0 Å². The Morgan fingerprint density at radius 2 is 2.32 bits per heavy atom. The molecule has 0 aliphatic heterocycles. The summed E-state index contributed by atoms with van der Waals surface area (Å²) in [6, 6.07) is 6.55. The second-order valence-electron chi connectivity index (χ2n) is 4.56. The van der Waals surface area contributed by atoms with Crippen molar-refractivity contribution >= 4 is 11.4 Å². The molecule has 1 N–H and O–H groups in total. The van der Waals surface area contributed by atoms with Crippen LogP contribution in [0.4, 0.5) is 11.4 Å². The van der Waals surface area contributed by atoms with Crippen LogP contribution in [0.5, 0.6) is 0 Å². The van der Waals surface area contributed by atoms with Gasteiger partial charge in [0.2, 0.25) is 0 Å². The van der Waals surface area contributed by atoms with E-state index in [-0.39, 0.29) is 23.4 Å². The van der Waals surface area contributed by atoms with Crippen LogP contribution in [0.15, 0.2) is 18.2 Å². The van der Waals surface area contributed by atoms with Crippen molar-refractivity contribution in [1.29, 1.82) is 5.26 Å². The molecule has 100 valence electrons. The van der Waals surface area contributed by atoms with Crippen LogP contribution in [-0.4, -0.2) is 24.2 Å². The first kappa shape index (κ1) is 13.3. The Morgan fingerprint density at radius 3 is 2.95 bits per heavy atom. The molecule has 1 aromatic rings. The van der Waals surface area contributed by atoms with Crippen LogP contribution in [0.3, 0.4) is 0 Å². The number of nitriles is 1. The van der Waals surface area contributed by atoms with Gasteiger partial charge in [0.15, 0.2) is 0 Å². The molecule has 0 amide bonds. The maximum Gasteiger partial charge on any atom is 0.287 e. The Bertz CT molecular complexity index is 524.